The van der Waals surface area contributed by atoms with Crippen molar-refractivity contribution in [3.05, 3.63) is 30.0 Å². The predicted octanol–water partition coefficient (Wildman–Crippen LogP) is 5.33. The average molecular weight is 588 g/mol. The van der Waals surface area contributed by atoms with Gasteiger partial charge in [-0.2, -0.15) is 0 Å². The van der Waals surface area contributed by atoms with Crippen molar-refractivity contribution in [3.8, 4) is 11.8 Å². The maximum absolute atomic E-state index is 9.60. The van der Waals surface area contributed by atoms with Gasteiger partial charge in [0.2, 0.25) is 5.95 Å². The molecule has 2 heterocycles. The molecule has 0 aliphatic carbocycles. The molecule has 3 rings (SSSR count). The Labute approximate surface area is 171 Å². The Morgan fingerprint density at radius 2 is 1.62 bits per heavy atom. The SMILES string of the molecule is Oc1ccc(O)n1CCCNc1nc2c(Br)c(Br)c(Br)c(Br)c2[nH]1. The number of nitrogens with zero attached hydrogens (tertiary/aromatic N) is 2. The van der Waals surface area contributed by atoms with E-state index in [0.717, 1.165) is 28.9 Å². The lowest BCUT2D eigenvalue weighted by atomic mass is 10.3. The average Bonchev–Trinajstić information content (AvgIpc) is 3.12. The third kappa shape index (κ3) is 3.33. The smallest absolute Gasteiger partial charge is 0.201 e. The summed E-state index contributed by atoms with van der Waals surface area (Å²) in [7, 11) is 0. The molecule has 3 aromatic rings. The van der Waals surface area contributed by atoms with Crippen LogP contribution in [0.1, 0.15) is 6.42 Å². The van der Waals surface area contributed by atoms with E-state index in [0.29, 0.717) is 25.5 Å². The second-order valence-corrected chi connectivity index (χ2v) is 8.22. The molecule has 24 heavy (non-hydrogen) atoms. The van der Waals surface area contributed by atoms with Gasteiger partial charge in [-0.3, -0.25) is 4.57 Å². The lowest BCUT2D eigenvalue weighted by Gasteiger charge is -2.07. The number of benzene rings is 1. The van der Waals surface area contributed by atoms with Crippen LogP contribution in [0.5, 0.6) is 11.8 Å². The van der Waals surface area contributed by atoms with Crippen molar-refractivity contribution >= 4 is 80.7 Å². The van der Waals surface area contributed by atoms with E-state index >= 15 is 0 Å². The van der Waals surface area contributed by atoms with Crippen LogP contribution in [0.3, 0.4) is 0 Å². The molecule has 0 amide bonds. The molecule has 6 nitrogen and oxygen atoms in total. The van der Waals surface area contributed by atoms with Crippen molar-refractivity contribution in [2.45, 2.75) is 13.0 Å². The first-order chi connectivity index (χ1) is 11.4. The molecule has 0 spiro atoms. The number of rotatable bonds is 5. The Hall–Kier alpha value is -0.710. The van der Waals surface area contributed by atoms with Crippen molar-refractivity contribution in [3.63, 3.8) is 0 Å². The van der Waals surface area contributed by atoms with Crippen LogP contribution in [0, 0.1) is 0 Å². The van der Waals surface area contributed by atoms with Gasteiger partial charge in [0.1, 0.15) is 5.52 Å². The summed E-state index contributed by atoms with van der Waals surface area (Å²) in [6.45, 7) is 1.14. The molecule has 0 radical (unpaired) electrons. The molecular formula is C14H12Br4N4O2. The van der Waals surface area contributed by atoms with E-state index < -0.39 is 0 Å². The van der Waals surface area contributed by atoms with Crippen LogP contribution in [0.2, 0.25) is 0 Å². The Morgan fingerprint density at radius 3 is 2.29 bits per heavy atom. The summed E-state index contributed by atoms with van der Waals surface area (Å²) in [5.74, 6) is 0.759. The number of imidazole rings is 1. The van der Waals surface area contributed by atoms with Gasteiger partial charge in [0.05, 0.1) is 14.5 Å². The first kappa shape index (κ1) is 18.1. The van der Waals surface area contributed by atoms with Crippen molar-refractivity contribution < 1.29 is 10.2 Å². The van der Waals surface area contributed by atoms with Crippen molar-refractivity contribution in [2.24, 2.45) is 0 Å². The quantitative estimate of drug-likeness (QED) is 0.185. The summed E-state index contributed by atoms with van der Waals surface area (Å²) in [6, 6.07) is 2.93. The highest BCUT2D eigenvalue weighted by Gasteiger charge is 2.17. The van der Waals surface area contributed by atoms with Crippen LogP contribution in [0.4, 0.5) is 5.95 Å². The van der Waals surface area contributed by atoms with E-state index in [-0.39, 0.29) is 11.8 Å². The first-order valence-corrected chi connectivity index (χ1v) is 10.1. The Balaban J connectivity index is 1.70. The third-order valence-electron chi connectivity index (χ3n) is 3.49. The third-order valence-corrected chi connectivity index (χ3v) is 8.24. The number of anilines is 1. The topological polar surface area (TPSA) is 86.1 Å². The minimum atomic E-state index is 0.0544. The zero-order valence-corrected chi connectivity index (χ0v) is 18.4. The molecule has 0 atom stereocenters. The minimum absolute atomic E-state index is 0.0544. The minimum Gasteiger partial charge on any atom is -0.494 e. The zero-order chi connectivity index (χ0) is 17.4. The normalized spacial score (nSPS) is 11.3. The molecule has 0 unspecified atom stereocenters. The van der Waals surface area contributed by atoms with Crippen LogP contribution >= 0.6 is 63.7 Å². The summed E-state index contributed by atoms with van der Waals surface area (Å²) in [5, 5.41) is 22.4. The highest BCUT2D eigenvalue weighted by atomic mass is 79.9. The Bertz CT molecular complexity index is 842. The fraction of sp³-hybridized carbons (Fsp3) is 0.214. The van der Waals surface area contributed by atoms with E-state index in [1.807, 2.05) is 0 Å². The second-order valence-electron chi connectivity index (χ2n) is 5.05. The summed E-state index contributed by atoms with van der Waals surface area (Å²) < 4.78 is 4.98. The molecule has 4 N–H and O–H groups in total. The number of H-pyrrole nitrogens is 1. The van der Waals surface area contributed by atoms with Gasteiger partial charge < -0.3 is 20.5 Å². The molecule has 0 bridgehead atoms. The van der Waals surface area contributed by atoms with Gasteiger partial charge in [0.25, 0.3) is 0 Å². The van der Waals surface area contributed by atoms with E-state index in [4.69, 9.17) is 0 Å². The highest BCUT2D eigenvalue weighted by molar-refractivity contribution is 9.15. The molecule has 10 heteroatoms. The largest absolute Gasteiger partial charge is 0.494 e. The molecule has 2 aromatic heterocycles. The molecular weight excluding hydrogens is 576 g/mol. The van der Waals surface area contributed by atoms with Gasteiger partial charge in [-0.25, -0.2) is 4.98 Å². The molecule has 128 valence electrons. The molecule has 0 aliphatic rings. The van der Waals surface area contributed by atoms with E-state index in [9.17, 15) is 10.2 Å². The number of nitrogens with one attached hydrogen (secondary N) is 2. The highest BCUT2D eigenvalue weighted by Crippen LogP contribution is 2.42. The first-order valence-electron chi connectivity index (χ1n) is 6.93. The summed E-state index contributed by atoms with van der Waals surface area (Å²) >= 11 is 14.1. The maximum atomic E-state index is 9.60. The lowest BCUT2D eigenvalue weighted by molar-refractivity contribution is 0.366. The van der Waals surface area contributed by atoms with Gasteiger partial charge in [0.15, 0.2) is 11.8 Å². The predicted molar refractivity (Wildman–Crippen MR) is 108 cm³/mol. The van der Waals surface area contributed by atoms with Crippen LogP contribution in [0.15, 0.2) is 30.0 Å². The fourth-order valence-electron chi connectivity index (χ4n) is 2.30. The van der Waals surface area contributed by atoms with E-state index in [2.05, 4.69) is 79.0 Å². The Kier molecular flexibility index (Phi) is 5.48. The monoisotopic (exact) mass is 584 g/mol. The van der Waals surface area contributed by atoms with Crippen molar-refractivity contribution in [1.29, 1.82) is 0 Å². The molecule has 0 aliphatic heterocycles. The Morgan fingerprint density at radius 1 is 1.00 bits per heavy atom. The van der Waals surface area contributed by atoms with Crippen LogP contribution in [-0.2, 0) is 6.54 Å². The molecule has 1 aromatic carbocycles. The molecule has 0 saturated heterocycles. The molecule has 0 fully saturated rings. The van der Waals surface area contributed by atoms with Crippen LogP contribution in [0.25, 0.3) is 11.0 Å². The van der Waals surface area contributed by atoms with Crippen molar-refractivity contribution in [1.82, 2.24) is 14.5 Å². The number of aromatic nitrogens is 3. The number of aromatic hydroxyl groups is 2. The van der Waals surface area contributed by atoms with Crippen LogP contribution < -0.4 is 5.32 Å². The number of fused-ring (bicyclic) bond motifs is 1. The van der Waals surface area contributed by atoms with Gasteiger partial charge in [-0.15, -0.1) is 0 Å². The van der Waals surface area contributed by atoms with Gasteiger partial charge >= 0.3 is 0 Å². The summed E-state index contributed by atoms with van der Waals surface area (Å²) in [6.07, 6.45) is 0.711. The van der Waals surface area contributed by atoms with E-state index in [1.54, 1.807) is 0 Å². The van der Waals surface area contributed by atoms with Gasteiger partial charge in [-0.05, 0) is 70.1 Å². The number of hydrogen-bond donors (Lipinski definition) is 4. The van der Waals surface area contributed by atoms with Gasteiger partial charge in [0, 0.05) is 34.2 Å². The zero-order valence-electron chi connectivity index (χ0n) is 12.1. The standard InChI is InChI=1S/C14H12Br4N4O2/c15-8-9(16)11(18)13-12(10(8)17)20-14(21-13)19-4-1-5-22-6(23)2-3-7(22)24/h2-3,23-24H,1,4-5H2,(H2,19,20,21). The van der Waals surface area contributed by atoms with Gasteiger partial charge in [-0.1, -0.05) is 0 Å². The number of halogens is 4. The number of hydrogen-bond acceptors (Lipinski definition) is 4. The summed E-state index contributed by atoms with van der Waals surface area (Å²) in [4.78, 5) is 7.78. The number of aromatic amines is 1. The lowest BCUT2D eigenvalue weighted by Crippen LogP contribution is -2.07. The molecule has 0 saturated carbocycles. The second kappa shape index (κ2) is 7.27. The summed E-state index contributed by atoms with van der Waals surface area (Å²) in [5.41, 5.74) is 1.68. The van der Waals surface area contributed by atoms with Crippen molar-refractivity contribution in [2.75, 3.05) is 11.9 Å². The fourth-order valence-corrected chi connectivity index (χ4v) is 4.59. The van der Waals surface area contributed by atoms with Crippen LogP contribution in [-0.4, -0.2) is 31.3 Å². The maximum Gasteiger partial charge on any atom is 0.201 e. The van der Waals surface area contributed by atoms with E-state index in [1.165, 1.54) is 16.7 Å².